The van der Waals surface area contributed by atoms with E-state index >= 15 is 0 Å². The van der Waals surface area contributed by atoms with Crippen molar-refractivity contribution in [2.24, 2.45) is 0 Å². The van der Waals surface area contributed by atoms with Crippen LogP contribution in [0.5, 0.6) is 0 Å². The lowest BCUT2D eigenvalue weighted by molar-refractivity contribution is 0.102. The van der Waals surface area contributed by atoms with Crippen LogP contribution in [-0.4, -0.2) is 15.9 Å². The van der Waals surface area contributed by atoms with Gasteiger partial charge in [0.25, 0.3) is 5.91 Å². The fourth-order valence-electron chi connectivity index (χ4n) is 2.58. The first-order chi connectivity index (χ1) is 12.9. The van der Waals surface area contributed by atoms with Gasteiger partial charge in [-0.05, 0) is 29.7 Å². The molecule has 1 aromatic heterocycles. The number of carbonyl (C=O) groups is 1. The van der Waals surface area contributed by atoms with Crippen LogP contribution in [0.3, 0.4) is 0 Å². The third kappa shape index (κ3) is 4.44. The number of nitrogens with zero attached hydrogens (tertiary/aromatic N) is 2. The summed E-state index contributed by atoms with van der Waals surface area (Å²) in [4.78, 5) is 20.4. The molecule has 0 aliphatic heterocycles. The Kier molecular flexibility index (Phi) is 5.40. The highest BCUT2D eigenvalue weighted by Gasteiger charge is 2.13. The average molecular weight is 368 g/mol. The van der Waals surface area contributed by atoms with Gasteiger partial charge in [0.2, 0.25) is 0 Å². The predicted octanol–water partition coefficient (Wildman–Crippen LogP) is 4.87. The number of hydrogen-bond donors (Lipinski definition) is 2. The summed E-state index contributed by atoms with van der Waals surface area (Å²) in [6, 6.07) is 12.2. The molecule has 2 N–H and O–H groups in total. The lowest BCUT2D eigenvalue weighted by Gasteiger charge is -2.14. The van der Waals surface area contributed by atoms with E-state index < -0.39 is 17.5 Å². The maximum absolute atomic E-state index is 13.7. The number of amides is 1. The number of hydrogen-bond acceptors (Lipinski definition) is 4. The van der Waals surface area contributed by atoms with E-state index in [1.165, 1.54) is 12.4 Å². The molecule has 2 aromatic carbocycles. The van der Waals surface area contributed by atoms with Crippen molar-refractivity contribution in [3.8, 4) is 0 Å². The molecule has 7 heteroatoms. The van der Waals surface area contributed by atoms with Crippen molar-refractivity contribution in [2.45, 2.75) is 19.8 Å². The highest BCUT2D eigenvalue weighted by atomic mass is 19.1. The average Bonchev–Trinajstić information content (AvgIpc) is 2.64. The van der Waals surface area contributed by atoms with Crippen molar-refractivity contribution in [1.82, 2.24) is 9.97 Å². The van der Waals surface area contributed by atoms with E-state index in [4.69, 9.17) is 0 Å². The van der Waals surface area contributed by atoms with Crippen LogP contribution in [0.4, 0.5) is 26.0 Å². The van der Waals surface area contributed by atoms with Crippen molar-refractivity contribution < 1.29 is 13.6 Å². The summed E-state index contributed by atoms with van der Waals surface area (Å²) in [5, 5.41) is 5.55. The molecule has 0 fully saturated rings. The summed E-state index contributed by atoms with van der Waals surface area (Å²) >= 11 is 0. The van der Waals surface area contributed by atoms with Gasteiger partial charge in [-0.25, -0.2) is 18.7 Å². The molecule has 5 nitrogen and oxygen atoms in total. The number of rotatable bonds is 5. The Labute approximate surface area is 155 Å². The molecule has 0 saturated heterocycles. The molecule has 0 saturated carbocycles. The summed E-state index contributed by atoms with van der Waals surface area (Å²) in [6.07, 6.45) is 1.25. The van der Waals surface area contributed by atoms with Gasteiger partial charge in [-0.15, -0.1) is 0 Å². The minimum Gasteiger partial charge on any atom is -0.340 e. The molecule has 27 heavy (non-hydrogen) atoms. The number of anilines is 3. The first kappa shape index (κ1) is 18.4. The van der Waals surface area contributed by atoms with E-state index in [1.807, 2.05) is 24.3 Å². The first-order valence-corrected chi connectivity index (χ1v) is 8.38. The van der Waals surface area contributed by atoms with Crippen molar-refractivity contribution in [2.75, 3.05) is 10.6 Å². The third-order valence-corrected chi connectivity index (χ3v) is 3.92. The number of aromatic nitrogens is 2. The SMILES string of the molecule is CC(C)c1ccccc1Nc1cc(C(=O)Nc2ccc(F)cc2F)ncn1. The van der Waals surface area contributed by atoms with Crippen molar-refractivity contribution >= 4 is 23.1 Å². The van der Waals surface area contributed by atoms with Crippen LogP contribution >= 0.6 is 0 Å². The highest BCUT2D eigenvalue weighted by molar-refractivity contribution is 6.03. The molecule has 1 amide bonds. The van der Waals surface area contributed by atoms with Crippen molar-refractivity contribution in [1.29, 1.82) is 0 Å². The first-order valence-electron chi connectivity index (χ1n) is 8.38. The fraction of sp³-hybridized carbons (Fsp3) is 0.150. The smallest absolute Gasteiger partial charge is 0.274 e. The van der Waals surface area contributed by atoms with Crippen molar-refractivity contribution in [3.63, 3.8) is 0 Å². The van der Waals surface area contributed by atoms with Gasteiger partial charge in [-0.1, -0.05) is 32.0 Å². The Morgan fingerprint density at radius 3 is 2.52 bits per heavy atom. The number of nitrogens with one attached hydrogen (secondary N) is 2. The van der Waals surface area contributed by atoms with E-state index in [0.717, 1.165) is 23.4 Å². The van der Waals surface area contributed by atoms with Gasteiger partial charge < -0.3 is 10.6 Å². The quantitative estimate of drug-likeness (QED) is 0.674. The topological polar surface area (TPSA) is 66.9 Å². The van der Waals surface area contributed by atoms with Crippen LogP contribution < -0.4 is 10.6 Å². The molecular weight excluding hydrogens is 350 g/mol. The van der Waals surface area contributed by atoms with E-state index in [9.17, 15) is 13.6 Å². The molecule has 138 valence electrons. The highest BCUT2D eigenvalue weighted by Crippen LogP contribution is 2.26. The zero-order valence-corrected chi connectivity index (χ0v) is 14.8. The Morgan fingerprint density at radius 1 is 1.00 bits per heavy atom. The van der Waals surface area contributed by atoms with Crippen LogP contribution in [0, 0.1) is 11.6 Å². The minimum absolute atomic E-state index is 0.0539. The number of para-hydroxylation sites is 1. The van der Waals surface area contributed by atoms with Crippen LogP contribution in [0.1, 0.15) is 35.8 Å². The van der Waals surface area contributed by atoms with Crippen molar-refractivity contribution in [3.05, 3.63) is 77.8 Å². The maximum Gasteiger partial charge on any atom is 0.274 e. The fourth-order valence-corrected chi connectivity index (χ4v) is 2.58. The minimum atomic E-state index is -0.860. The van der Waals surface area contributed by atoms with Gasteiger partial charge in [-0.2, -0.15) is 0 Å². The number of benzene rings is 2. The molecule has 0 radical (unpaired) electrons. The molecule has 0 atom stereocenters. The molecule has 0 bridgehead atoms. The summed E-state index contributed by atoms with van der Waals surface area (Å²) in [7, 11) is 0. The van der Waals surface area contributed by atoms with E-state index in [1.54, 1.807) is 0 Å². The van der Waals surface area contributed by atoms with Gasteiger partial charge in [0.15, 0.2) is 0 Å². The van der Waals surface area contributed by atoms with Crippen LogP contribution in [0.2, 0.25) is 0 Å². The Bertz CT molecular complexity index is 976. The molecule has 0 aliphatic carbocycles. The summed E-state index contributed by atoms with van der Waals surface area (Å²) in [6.45, 7) is 4.16. The molecule has 0 spiro atoms. The van der Waals surface area contributed by atoms with Crippen LogP contribution in [0.15, 0.2) is 54.9 Å². The molecule has 0 unspecified atom stereocenters. The zero-order valence-electron chi connectivity index (χ0n) is 14.8. The van der Waals surface area contributed by atoms with Crippen LogP contribution in [0.25, 0.3) is 0 Å². The van der Waals surface area contributed by atoms with Gasteiger partial charge >= 0.3 is 0 Å². The second kappa shape index (κ2) is 7.90. The largest absolute Gasteiger partial charge is 0.340 e. The Hall–Kier alpha value is -3.35. The van der Waals surface area contributed by atoms with E-state index in [-0.39, 0.29) is 11.4 Å². The molecule has 3 rings (SSSR count). The lowest BCUT2D eigenvalue weighted by Crippen LogP contribution is -2.15. The number of carbonyl (C=O) groups excluding carboxylic acids is 1. The van der Waals surface area contributed by atoms with Gasteiger partial charge in [0.1, 0.15) is 29.5 Å². The third-order valence-electron chi connectivity index (χ3n) is 3.92. The number of halogens is 2. The Balaban J connectivity index is 1.80. The van der Waals surface area contributed by atoms with Gasteiger partial charge in [0, 0.05) is 17.8 Å². The normalized spacial score (nSPS) is 10.7. The van der Waals surface area contributed by atoms with Gasteiger partial charge in [-0.3, -0.25) is 4.79 Å². The second-order valence-electron chi connectivity index (χ2n) is 6.23. The van der Waals surface area contributed by atoms with E-state index in [0.29, 0.717) is 17.8 Å². The molecule has 1 heterocycles. The second-order valence-corrected chi connectivity index (χ2v) is 6.23. The lowest BCUT2D eigenvalue weighted by atomic mass is 10.0. The van der Waals surface area contributed by atoms with Crippen LogP contribution in [-0.2, 0) is 0 Å². The zero-order chi connectivity index (χ0) is 19.4. The monoisotopic (exact) mass is 368 g/mol. The summed E-state index contributed by atoms with van der Waals surface area (Å²) in [5.74, 6) is -1.46. The molecule has 3 aromatic rings. The van der Waals surface area contributed by atoms with Gasteiger partial charge in [0.05, 0.1) is 5.69 Å². The molecule has 0 aliphatic rings. The Morgan fingerprint density at radius 2 is 1.78 bits per heavy atom. The van der Waals surface area contributed by atoms with E-state index in [2.05, 4.69) is 34.4 Å². The maximum atomic E-state index is 13.7. The summed E-state index contributed by atoms with van der Waals surface area (Å²) in [5.41, 5.74) is 1.91. The predicted molar refractivity (Wildman–Crippen MR) is 100 cm³/mol. The molecular formula is C20H18F2N4O. The standard InChI is InChI=1S/C20H18F2N4O/c1-12(2)14-5-3-4-6-16(14)25-19-10-18(23-11-24-19)20(27)26-17-8-7-13(21)9-15(17)22/h3-12H,1-2H3,(H,26,27)(H,23,24,25). The summed E-state index contributed by atoms with van der Waals surface area (Å²) < 4.78 is 26.7.